The molecule has 3 aromatic rings. The first kappa shape index (κ1) is 26.7. The number of nitrogens with zero attached hydrogens (tertiary/aromatic N) is 2. The van der Waals surface area contributed by atoms with E-state index in [0.717, 1.165) is 65.7 Å². The minimum atomic E-state index is -0.458. The topological polar surface area (TPSA) is 70.1 Å². The third-order valence-electron chi connectivity index (χ3n) is 8.06. The van der Waals surface area contributed by atoms with E-state index < -0.39 is 5.41 Å². The zero-order valence-electron chi connectivity index (χ0n) is 22.1. The maximum absolute atomic E-state index is 13.5. The zero-order valence-corrected chi connectivity index (χ0v) is 23.6. The molecule has 2 fully saturated rings. The molecule has 1 aromatic heterocycles. The van der Waals surface area contributed by atoms with Crippen molar-refractivity contribution in [3.8, 4) is 11.5 Å². The lowest BCUT2D eigenvalue weighted by atomic mass is 9.89. The van der Waals surface area contributed by atoms with E-state index in [1.54, 1.807) is 7.11 Å². The molecule has 0 spiro atoms. The minimum absolute atomic E-state index is 0.190. The number of hydrogen-bond donors (Lipinski definition) is 0. The highest BCUT2D eigenvalue weighted by atomic mass is 35.5. The predicted octanol–water partition coefficient (Wildman–Crippen LogP) is 5.59. The van der Waals surface area contributed by atoms with Crippen molar-refractivity contribution < 1.29 is 23.7 Å². The maximum atomic E-state index is 13.5. The molecular weight excluding hydrogens is 536 g/mol. The summed E-state index contributed by atoms with van der Waals surface area (Å²) in [6.07, 6.45) is 5.81. The van der Waals surface area contributed by atoms with Gasteiger partial charge in [-0.2, -0.15) is 0 Å². The molecule has 1 aliphatic carbocycles. The molecule has 1 saturated heterocycles. The molecule has 0 amide bonds. The fraction of sp³-hybridized carbons (Fsp3) is 0.467. The Balaban J connectivity index is 1.16. The first-order valence-electron chi connectivity index (χ1n) is 13.5. The number of aromatic nitrogens is 1. The molecule has 3 aliphatic rings. The highest BCUT2D eigenvalue weighted by Gasteiger charge is 2.51. The van der Waals surface area contributed by atoms with Gasteiger partial charge in [-0.05, 0) is 56.0 Å². The summed E-state index contributed by atoms with van der Waals surface area (Å²) in [4.78, 5) is 21.6. The number of thiazole rings is 1. The second-order valence-electron chi connectivity index (χ2n) is 10.5. The number of carbonyl (C=O) groups excluding carboxylic acids is 1. The molecule has 1 saturated carbocycles. The molecule has 0 bridgehead atoms. The summed E-state index contributed by atoms with van der Waals surface area (Å²) in [5.74, 6) is 1.64. The number of likely N-dealkylation sites (tertiary alicyclic amines) is 1. The quantitative estimate of drug-likeness (QED) is 0.282. The number of hydrogen-bond acceptors (Lipinski definition) is 8. The SMILES string of the molecule is COC[C@@H]1CCCN1CCOC(c1cnc(CC(=O)C2(c3ccc4c(c3)OCO4)CC2)s1)c1ccccc1Cl. The van der Waals surface area contributed by atoms with Crippen molar-refractivity contribution >= 4 is 28.7 Å². The van der Waals surface area contributed by atoms with Gasteiger partial charge >= 0.3 is 0 Å². The monoisotopic (exact) mass is 568 g/mol. The molecule has 2 aliphatic heterocycles. The normalized spacial score (nSPS) is 20.3. The molecule has 206 valence electrons. The first-order valence-corrected chi connectivity index (χ1v) is 14.7. The number of benzene rings is 2. The Labute approximate surface area is 238 Å². The number of rotatable bonds is 12. The van der Waals surface area contributed by atoms with Crippen LogP contribution in [0.25, 0.3) is 0 Å². The van der Waals surface area contributed by atoms with Crippen molar-refractivity contribution in [2.75, 3.05) is 40.2 Å². The number of methoxy groups -OCH3 is 1. The number of fused-ring (bicyclic) bond motifs is 1. The van der Waals surface area contributed by atoms with E-state index in [4.69, 9.17) is 30.5 Å². The Morgan fingerprint density at radius 3 is 2.90 bits per heavy atom. The summed E-state index contributed by atoms with van der Waals surface area (Å²) >= 11 is 8.14. The Morgan fingerprint density at radius 1 is 1.23 bits per heavy atom. The molecule has 9 heteroatoms. The molecule has 6 rings (SSSR count). The second-order valence-corrected chi connectivity index (χ2v) is 12.0. The zero-order chi connectivity index (χ0) is 26.8. The van der Waals surface area contributed by atoms with Crippen molar-refractivity contribution in [2.45, 2.75) is 49.7 Å². The minimum Gasteiger partial charge on any atom is -0.454 e. The van der Waals surface area contributed by atoms with Gasteiger partial charge in [0.1, 0.15) is 16.9 Å². The van der Waals surface area contributed by atoms with Crippen molar-refractivity contribution in [1.29, 1.82) is 0 Å². The van der Waals surface area contributed by atoms with Crippen LogP contribution in [0.15, 0.2) is 48.7 Å². The van der Waals surface area contributed by atoms with E-state index in [9.17, 15) is 4.79 Å². The molecule has 1 unspecified atom stereocenters. The molecule has 39 heavy (non-hydrogen) atoms. The fourth-order valence-electron chi connectivity index (χ4n) is 5.75. The second kappa shape index (κ2) is 11.6. The third kappa shape index (κ3) is 5.58. The summed E-state index contributed by atoms with van der Waals surface area (Å²) in [5.41, 5.74) is 1.45. The average molecular weight is 569 g/mol. The van der Waals surface area contributed by atoms with E-state index in [1.807, 2.05) is 48.7 Å². The maximum Gasteiger partial charge on any atom is 0.231 e. The number of halogens is 1. The van der Waals surface area contributed by atoms with Gasteiger partial charge in [0, 0.05) is 36.5 Å². The molecule has 0 N–H and O–H groups in total. The van der Waals surface area contributed by atoms with Crippen LogP contribution in [0, 0.1) is 0 Å². The van der Waals surface area contributed by atoms with Crippen molar-refractivity contribution in [3.63, 3.8) is 0 Å². The summed E-state index contributed by atoms with van der Waals surface area (Å²) in [6.45, 7) is 3.43. The highest BCUT2D eigenvalue weighted by Crippen LogP contribution is 2.51. The highest BCUT2D eigenvalue weighted by molar-refractivity contribution is 7.11. The summed E-state index contributed by atoms with van der Waals surface area (Å²) in [7, 11) is 1.76. The van der Waals surface area contributed by atoms with Gasteiger partial charge in [0.25, 0.3) is 0 Å². The van der Waals surface area contributed by atoms with Gasteiger partial charge in [-0.25, -0.2) is 4.98 Å². The van der Waals surface area contributed by atoms with Crippen LogP contribution < -0.4 is 9.47 Å². The number of carbonyl (C=O) groups is 1. The Hall–Kier alpha value is -2.49. The van der Waals surface area contributed by atoms with Crippen molar-refractivity contribution in [2.24, 2.45) is 0 Å². The molecular formula is C30H33ClN2O5S. The Bertz CT molecular complexity index is 1330. The number of ether oxygens (including phenoxy) is 4. The molecule has 2 atom stereocenters. The van der Waals surface area contributed by atoms with Crippen LogP contribution in [0.3, 0.4) is 0 Å². The molecule has 7 nitrogen and oxygen atoms in total. The fourth-order valence-corrected chi connectivity index (χ4v) is 6.98. The molecule has 3 heterocycles. The van der Waals surface area contributed by atoms with Gasteiger partial charge in [-0.15, -0.1) is 11.3 Å². The lowest BCUT2D eigenvalue weighted by molar-refractivity contribution is -0.120. The van der Waals surface area contributed by atoms with Gasteiger partial charge in [0.15, 0.2) is 11.5 Å². The summed E-state index contributed by atoms with van der Waals surface area (Å²) in [6, 6.07) is 14.1. The van der Waals surface area contributed by atoms with Gasteiger partial charge in [0.05, 0.1) is 29.9 Å². The van der Waals surface area contributed by atoms with Gasteiger partial charge in [-0.1, -0.05) is 35.9 Å². The predicted molar refractivity (Wildman–Crippen MR) is 150 cm³/mol. The lowest BCUT2D eigenvalue weighted by Crippen LogP contribution is -2.35. The third-order valence-corrected chi connectivity index (χ3v) is 9.44. The van der Waals surface area contributed by atoms with Crippen molar-refractivity contribution in [3.05, 3.63) is 74.7 Å². The number of ketones is 1. The molecule has 2 aromatic carbocycles. The number of Topliss-reactive ketones (excluding diaryl/α,β-unsaturated/α-hetero) is 1. The standard InChI is InChI=1S/C30H33ClN2O5S/c1-35-18-21-5-4-12-33(21)13-14-36-29(22-6-2-3-7-23(22)31)26-17-32-28(39-26)16-27(34)30(10-11-30)20-8-9-24-25(15-20)38-19-37-24/h2-3,6-9,15,17,21,29H,4-5,10-14,16,18-19H2,1H3/t21-,29?/m0/s1. The largest absolute Gasteiger partial charge is 0.454 e. The van der Waals surface area contributed by atoms with Crippen LogP contribution in [-0.2, 0) is 26.1 Å². The van der Waals surface area contributed by atoms with Crippen LogP contribution in [-0.4, -0.2) is 61.9 Å². The van der Waals surface area contributed by atoms with Crippen molar-refractivity contribution in [1.82, 2.24) is 9.88 Å². The van der Waals surface area contributed by atoms with Crippen LogP contribution in [0.2, 0.25) is 5.02 Å². The van der Waals surface area contributed by atoms with Crippen LogP contribution in [0.1, 0.15) is 52.8 Å². The lowest BCUT2D eigenvalue weighted by Gasteiger charge is -2.25. The van der Waals surface area contributed by atoms with Gasteiger partial charge in [0.2, 0.25) is 6.79 Å². The average Bonchev–Trinajstić information content (AvgIpc) is 3.24. The molecule has 0 radical (unpaired) electrons. The van der Waals surface area contributed by atoms with E-state index >= 15 is 0 Å². The van der Waals surface area contributed by atoms with Crippen LogP contribution in [0.5, 0.6) is 11.5 Å². The Kier molecular flexibility index (Phi) is 7.91. The van der Waals surface area contributed by atoms with E-state index in [2.05, 4.69) is 9.88 Å². The first-order chi connectivity index (χ1) is 19.1. The smallest absolute Gasteiger partial charge is 0.231 e. The van der Waals surface area contributed by atoms with Crippen LogP contribution in [0.4, 0.5) is 0 Å². The summed E-state index contributed by atoms with van der Waals surface area (Å²) < 4.78 is 22.9. The van der Waals surface area contributed by atoms with Crippen LogP contribution >= 0.6 is 22.9 Å². The Morgan fingerprint density at radius 2 is 2.08 bits per heavy atom. The summed E-state index contributed by atoms with van der Waals surface area (Å²) in [5, 5.41) is 1.45. The van der Waals surface area contributed by atoms with Gasteiger partial charge < -0.3 is 18.9 Å². The van der Waals surface area contributed by atoms with E-state index in [1.165, 1.54) is 17.8 Å². The van der Waals surface area contributed by atoms with Gasteiger partial charge in [-0.3, -0.25) is 9.69 Å². The van der Waals surface area contributed by atoms with E-state index in [-0.39, 0.29) is 18.7 Å². The van der Waals surface area contributed by atoms with E-state index in [0.29, 0.717) is 29.8 Å².